The van der Waals surface area contributed by atoms with E-state index in [2.05, 4.69) is 24.3 Å². The third kappa shape index (κ3) is 3.47. The summed E-state index contributed by atoms with van der Waals surface area (Å²) in [5.41, 5.74) is 4.04. The number of rotatable bonds is 5. The summed E-state index contributed by atoms with van der Waals surface area (Å²) in [6.45, 7) is 3.45. The molecule has 1 amide bonds. The predicted molar refractivity (Wildman–Crippen MR) is 92.9 cm³/mol. The normalized spacial score (nSPS) is 13.5. The Bertz CT molecular complexity index is 673. The van der Waals surface area contributed by atoms with E-state index in [1.165, 1.54) is 35.3 Å². The Morgan fingerprint density at radius 3 is 2.91 bits per heavy atom. The van der Waals surface area contributed by atoms with Gasteiger partial charge in [0.25, 0.3) is 0 Å². The first kappa shape index (κ1) is 15.0. The highest BCUT2D eigenvalue weighted by Crippen LogP contribution is 2.23. The van der Waals surface area contributed by atoms with E-state index < -0.39 is 0 Å². The molecule has 0 saturated heterocycles. The highest BCUT2D eigenvalue weighted by atomic mass is 32.1. The number of nitrogens with zero attached hydrogens (tertiary/aromatic N) is 1. The van der Waals surface area contributed by atoms with Gasteiger partial charge in [-0.2, -0.15) is 0 Å². The molecule has 0 saturated carbocycles. The monoisotopic (exact) mass is 311 g/mol. The fourth-order valence-corrected chi connectivity index (χ4v) is 3.62. The number of hydrogen-bond acceptors (Lipinski definition) is 2. The van der Waals surface area contributed by atoms with E-state index in [9.17, 15) is 4.79 Å². The molecule has 1 aromatic heterocycles. The Morgan fingerprint density at radius 2 is 2.14 bits per heavy atom. The molecule has 2 nitrogen and oxygen atoms in total. The molecule has 0 atom stereocenters. The summed E-state index contributed by atoms with van der Waals surface area (Å²) in [5, 5.41) is 2.05. The van der Waals surface area contributed by atoms with Crippen molar-refractivity contribution in [1.29, 1.82) is 0 Å². The van der Waals surface area contributed by atoms with Crippen LogP contribution in [0.25, 0.3) is 6.08 Å². The van der Waals surface area contributed by atoms with Crippen LogP contribution in [0.1, 0.15) is 34.9 Å². The summed E-state index contributed by atoms with van der Waals surface area (Å²) in [4.78, 5) is 15.4. The molecule has 1 aliphatic carbocycles. The molecular weight excluding hydrogens is 290 g/mol. The first-order valence-corrected chi connectivity index (χ1v) is 8.75. The molecule has 0 aliphatic heterocycles. The summed E-state index contributed by atoms with van der Waals surface area (Å²) < 4.78 is 0. The van der Waals surface area contributed by atoms with E-state index in [0.717, 1.165) is 12.1 Å². The third-order valence-corrected chi connectivity index (χ3v) is 5.02. The first-order valence-electron chi connectivity index (χ1n) is 7.87. The fraction of sp³-hybridized carbons (Fsp3) is 0.316. The highest BCUT2D eigenvalue weighted by molar-refractivity contribution is 7.09. The van der Waals surface area contributed by atoms with Crippen molar-refractivity contribution in [2.24, 2.45) is 0 Å². The minimum atomic E-state index is 0.0800. The number of likely N-dealkylation sites (N-methyl/N-ethyl adjacent to an activating group) is 1. The topological polar surface area (TPSA) is 20.3 Å². The van der Waals surface area contributed by atoms with Crippen molar-refractivity contribution in [2.45, 2.75) is 32.7 Å². The van der Waals surface area contributed by atoms with Gasteiger partial charge in [0.2, 0.25) is 5.91 Å². The smallest absolute Gasteiger partial charge is 0.246 e. The quantitative estimate of drug-likeness (QED) is 0.754. The molecule has 0 fully saturated rings. The molecule has 1 aliphatic rings. The van der Waals surface area contributed by atoms with Gasteiger partial charge in [0.1, 0.15) is 0 Å². The Kier molecular flexibility index (Phi) is 4.74. The average molecular weight is 311 g/mol. The van der Waals surface area contributed by atoms with E-state index >= 15 is 0 Å². The van der Waals surface area contributed by atoms with Gasteiger partial charge >= 0.3 is 0 Å². The average Bonchev–Trinajstić information content (AvgIpc) is 3.20. The molecule has 3 heteroatoms. The fourth-order valence-electron chi connectivity index (χ4n) is 2.90. The van der Waals surface area contributed by atoms with Crippen molar-refractivity contribution in [2.75, 3.05) is 6.54 Å². The maximum atomic E-state index is 12.4. The predicted octanol–water partition coefficient (Wildman–Crippen LogP) is 4.30. The van der Waals surface area contributed by atoms with Gasteiger partial charge in [-0.05, 0) is 60.4 Å². The lowest BCUT2D eigenvalue weighted by Gasteiger charge is -2.18. The number of carbonyl (C=O) groups excluding carboxylic acids is 1. The van der Waals surface area contributed by atoms with Crippen LogP contribution >= 0.6 is 11.3 Å². The number of hydrogen-bond donors (Lipinski definition) is 0. The standard InChI is InChI=1S/C19H21NOS/c1-2-20(14-18-7-4-12-22-18)19(21)11-9-15-8-10-16-5-3-6-17(16)13-15/h4,7-13H,2-3,5-6,14H2,1H3. The molecule has 22 heavy (non-hydrogen) atoms. The Balaban J connectivity index is 1.66. The number of aryl methyl sites for hydroxylation is 2. The third-order valence-electron chi connectivity index (χ3n) is 4.16. The molecule has 0 bridgehead atoms. The molecule has 0 spiro atoms. The Hall–Kier alpha value is -1.87. The highest BCUT2D eigenvalue weighted by Gasteiger charge is 2.11. The second-order valence-corrected chi connectivity index (χ2v) is 6.68. The van der Waals surface area contributed by atoms with E-state index in [-0.39, 0.29) is 5.91 Å². The zero-order valence-corrected chi connectivity index (χ0v) is 13.7. The van der Waals surface area contributed by atoms with Gasteiger partial charge < -0.3 is 4.90 Å². The molecule has 3 rings (SSSR count). The molecule has 0 N–H and O–H groups in total. The van der Waals surface area contributed by atoms with Crippen molar-refractivity contribution in [3.05, 3.63) is 63.4 Å². The van der Waals surface area contributed by atoms with Gasteiger partial charge in [0.05, 0.1) is 6.54 Å². The summed E-state index contributed by atoms with van der Waals surface area (Å²) in [6, 6.07) is 10.6. The van der Waals surface area contributed by atoms with Gasteiger partial charge in [-0.15, -0.1) is 11.3 Å². The number of fused-ring (bicyclic) bond motifs is 1. The van der Waals surface area contributed by atoms with Crippen molar-refractivity contribution in [3.63, 3.8) is 0 Å². The zero-order valence-electron chi connectivity index (χ0n) is 12.9. The number of thiophene rings is 1. The summed E-state index contributed by atoms with van der Waals surface area (Å²) >= 11 is 1.69. The van der Waals surface area contributed by atoms with Crippen molar-refractivity contribution in [1.82, 2.24) is 4.90 Å². The molecule has 2 aromatic rings. The van der Waals surface area contributed by atoms with Crippen LogP contribution < -0.4 is 0 Å². The van der Waals surface area contributed by atoms with Gasteiger partial charge in [-0.25, -0.2) is 0 Å². The number of amides is 1. The zero-order chi connectivity index (χ0) is 15.4. The largest absolute Gasteiger partial charge is 0.334 e. The van der Waals surface area contributed by atoms with Crippen LogP contribution in [-0.2, 0) is 24.2 Å². The summed E-state index contributed by atoms with van der Waals surface area (Å²) in [7, 11) is 0. The van der Waals surface area contributed by atoms with Crippen LogP contribution in [0, 0.1) is 0 Å². The Morgan fingerprint density at radius 1 is 1.27 bits per heavy atom. The Labute approximate surface area is 136 Å². The van der Waals surface area contributed by atoms with Crippen LogP contribution in [-0.4, -0.2) is 17.4 Å². The second kappa shape index (κ2) is 6.93. The maximum Gasteiger partial charge on any atom is 0.246 e. The van der Waals surface area contributed by atoms with Crippen molar-refractivity contribution < 1.29 is 4.79 Å². The minimum Gasteiger partial charge on any atom is -0.334 e. The number of benzene rings is 1. The van der Waals surface area contributed by atoms with Crippen molar-refractivity contribution >= 4 is 23.3 Å². The van der Waals surface area contributed by atoms with Crippen LogP contribution in [0.4, 0.5) is 0 Å². The van der Waals surface area contributed by atoms with Crippen molar-refractivity contribution in [3.8, 4) is 0 Å². The SMILES string of the molecule is CCN(Cc1cccs1)C(=O)C=Cc1ccc2c(c1)CCC2. The van der Waals surface area contributed by atoms with Gasteiger partial charge in [-0.1, -0.05) is 24.3 Å². The lowest BCUT2D eigenvalue weighted by molar-refractivity contribution is -0.126. The number of carbonyl (C=O) groups is 1. The van der Waals surface area contributed by atoms with Gasteiger partial charge in [0, 0.05) is 17.5 Å². The van der Waals surface area contributed by atoms with E-state index in [4.69, 9.17) is 0 Å². The van der Waals surface area contributed by atoms with E-state index in [1.807, 2.05) is 29.3 Å². The van der Waals surface area contributed by atoms with Crippen LogP contribution in [0.2, 0.25) is 0 Å². The van der Waals surface area contributed by atoms with Crippen LogP contribution in [0.15, 0.2) is 41.8 Å². The molecule has 0 radical (unpaired) electrons. The maximum absolute atomic E-state index is 12.4. The molecule has 114 valence electrons. The summed E-state index contributed by atoms with van der Waals surface area (Å²) in [5.74, 6) is 0.0800. The van der Waals surface area contributed by atoms with Gasteiger partial charge in [-0.3, -0.25) is 4.79 Å². The molecule has 1 aromatic carbocycles. The molecular formula is C19H21NOS. The van der Waals surface area contributed by atoms with Gasteiger partial charge in [0.15, 0.2) is 0 Å². The van der Waals surface area contributed by atoms with Crippen LogP contribution in [0.5, 0.6) is 0 Å². The molecule has 0 unspecified atom stereocenters. The van der Waals surface area contributed by atoms with E-state index in [0.29, 0.717) is 6.54 Å². The second-order valence-electron chi connectivity index (χ2n) is 5.65. The first-order chi connectivity index (χ1) is 10.8. The lowest BCUT2D eigenvalue weighted by Crippen LogP contribution is -2.28. The molecule has 1 heterocycles. The van der Waals surface area contributed by atoms with E-state index in [1.54, 1.807) is 17.4 Å². The van der Waals surface area contributed by atoms with Crippen LogP contribution in [0.3, 0.4) is 0 Å². The minimum absolute atomic E-state index is 0.0800. The summed E-state index contributed by atoms with van der Waals surface area (Å²) in [6.07, 6.45) is 7.27. The lowest BCUT2D eigenvalue weighted by atomic mass is 10.1.